The first-order valence-corrected chi connectivity index (χ1v) is 8.62. The van der Waals surface area contributed by atoms with Crippen molar-refractivity contribution < 1.29 is 14.6 Å². The topological polar surface area (TPSA) is 49.8 Å². The van der Waals surface area contributed by atoms with Gasteiger partial charge in [-0.15, -0.1) is 0 Å². The zero-order chi connectivity index (χ0) is 17.0. The quantitative estimate of drug-likeness (QED) is 0.852. The number of halogens is 2. The van der Waals surface area contributed by atoms with Crippen molar-refractivity contribution in [3.05, 3.63) is 33.8 Å². The lowest BCUT2D eigenvalue weighted by atomic mass is 9.98. The Bertz CT molecular complexity index is 563. The number of nitrogens with zero attached hydrogens (tertiary/aromatic N) is 1. The predicted molar refractivity (Wildman–Crippen MR) is 92.2 cm³/mol. The molecule has 0 bridgehead atoms. The average molecular weight is 360 g/mol. The lowest BCUT2D eigenvalue weighted by Crippen LogP contribution is -2.42. The van der Waals surface area contributed by atoms with Crippen LogP contribution in [-0.4, -0.2) is 40.9 Å². The Morgan fingerprint density at radius 3 is 2.78 bits per heavy atom. The number of aliphatic hydroxyl groups is 1. The number of rotatable bonds is 5. The molecule has 6 heteroatoms. The molecule has 1 saturated heterocycles. The van der Waals surface area contributed by atoms with Gasteiger partial charge in [-0.05, 0) is 57.2 Å². The monoisotopic (exact) mass is 359 g/mol. The molecular formula is C17H23Cl2NO3. The van der Waals surface area contributed by atoms with Gasteiger partial charge >= 0.3 is 6.09 Å². The summed E-state index contributed by atoms with van der Waals surface area (Å²) in [5.74, 6) is 0. The molecule has 1 atom stereocenters. The van der Waals surface area contributed by atoms with E-state index < -0.39 is 5.60 Å². The molecule has 1 aromatic carbocycles. The lowest BCUT2D eigenvalue weighted by Gasteiger charge is -2.30. The van der Waals surface area contributed by atoms with Crippen molar-refractivity contribution >= 4 is 29.3 Å². The number of hydrogen-bond donors (Lipinski definition) is 1. The third-order valence-corrected chi connectivity index (χ3v) is 4.92. The van der Waals surface area contributed by atoms with Crippen molar-refractivity contribution in [3.63, 3.8) is 0 Å². The number of ether oxygens (including phenoxy) is 1. The Balaban J connectivity index is 1.90. The summed E-state index contributed by atoms with van der Waals surface area (Å²) >= 11 is 11.9. The fraction of sp³-hybridized carbons (Fsp3) is 0.588. The van der Waals surface area contributed by atoms with E-state index in [1.165, 1.54) is 0 Å². The molecule has 0 aliphatic carbocycles. The van der Waals surface area contributed by atoms with Crippen LogP contribution in [0, 0.1) is 0 Å². The second kappa shape index (κ2) is 7.73. The van der Waals surface area contributed by atoms with Crippen molar-refractivity contribution in [3.8, 4) is 0 Å². The van der Waals surface area contributed by atoms with E-state index in [-0.39, 0.29) is 18.7 Å². The molecule has 1 amide bonds. The van der Waals surface area contributed by atoms with Crippen LogP contribution in [0.5, 0.6) is 0 Å². The maximum atomic E-state index is 12.3. The highest BCUT2D eigenvalue weighted by Gasteiger charge is 2.33. The Hall–Kier alpha value is -0.970. The highest BCUT2D eigenvalue weighted by Crippen LogP contribution is 2.26. The van der Waals surface area contributed by atoms with Crippen LogP contribution < -0.4 is 0 Å². The zero-order valence-corrected chi connectivity index (χ0v) is 15.0. The molecule has 0 radical (unpaired) electrons. The fourth-order valence-electron chi connectivity index (χ4n) is 2.75. The molecule has 23 heavy (non-hydrogen) atoms. The second-order valence-corrected chi connectivity index (χ2v) is 7.36. The SMILES string of the molecule is CC(C)(CCc1ccc(Cl)c(Cl)c1)OC(=O)N1CCCC1CO. The first-order chi connectivity index (χ1) is 10.8. The van der Waals surface area contributed by atoms with Crippen molar-refractivity contribution in [1.82, 2.24) is 4.90 Å². The maximum Gasteiger partial charge on any atom is 0.410 e. The van der Waals surface area contributed by atoms with Crippen molar-refractivity contribution in [1.29, 1.82) is 0 Å². The van der Waals surface area contributed by atoms with E-state index in [9.17, 15) is 9.90 Å². The molecule has 0 spiro atoms. The molecule has 1 aliphatic rings. The molecule has 1 N–H and O–H groups in total. The van der Waals surface area contributed by atoms with Gasteiger partial charge in [0.15, 0.2) is 0 Å². The number of carbonyl (C=O) groups excluding carboxylic acids is 1. The van der Waals surface area contributed by atoms with Gasteiger partial charge in [0.05, 0.1) is 22.7 Å². The number of hydrogen-bond acceptors (Lipinski definition) is 3. The number of amides is 1. The third-order valence-electron chi connectivity index (χ3n) is 4.19. The minimum Gasteiger partial charge on any atom is -0.443 e. The summed E-state index contributed by atoms with van der Waals surface area (Å²) < 4.78 is 5.65. The Morgan fingerprint density at radius 1 is 1.39 bits per heavy atom. The van der Waals surface area contributed by atoms with E-state index >= 15 is 0 Å². The molecular weight excluding hydrogens is 337 g/mol. The molecule has 128 valence electrons. The molecule has 0 aromatic heterocycles. The van der Waals surface area contributed by atoms with Gasteiger partial charge in [0.1, 0.15) is 5.60 Å². The summed E-state index contributed by atoms with van der Waals surface area (Å²) in [6.45, 7) is 4.42. The lowest BCUT2D eigenvalue weighted by molar-refractivity contribution is 0.00266. The largest absolute Gasteiger partial charge is 0.443 e. The van der Waals surface area contributed by atoms with E-state index in [4.69, 9.17) is 27.9 Å². The van der Waals surface area contributed by atoms with E-state index in [1.807, 2.05) is 26.0 Å². The first-order valence-electron chi connectivity index (χ1n) is 7.87. The van der Waals surface area contributed by atoms with Gasteiger partial charge in [-0.2, -0.15) is 0 Å². The van der Waals surface area contributed by atoms with Gasteiger partial charge in [0.2, 0.25) is 0 Å². The van der Waals surface area contributed by atoms with Crippen LogP contribution >= 0.6 is 23.2 Å². The van der Waals surface area contributed by atoms with Crippen LogP contribution in [0.3, 0.4) is 0 Å². The molecule has 0 saturated carbocycles. The van der Waals surface area contributed by atoms with Gasteiger partial charge in [-0.1, -0.05) is 29.3 Å². The number of benzene rings is 1. The van der Waals surface area contributed by atoms with Gasteiger partial charge in [-0.25, -0.2) is 4.79 Å². The van der Waals surface area contributed by atoms with E-state index in [2.05, 4.69) is 0 Å². The summed E-state index contributed by atoms with van der Waals surface area (Å²) in [6.07, 6.45) is 2.80. The Kier molecular flexibility index (Phi) is 6.18. The minimum atomic E-state index is -0.591. The van der Waals surface area contributed by atoms with Crippen LogP contribution in [0.15, 0.2) is 18.2 Å². The van der Waals surface area contributed by atoms with E-state index in [0.717, 1.165) is 24.8 Å². The van der Waals surface area contributed by atoms with Crippen LogP contribution in [0.1, 0.15) is 38.7 Å². The van der Waals surface area contributed by atoms with Crippen molar-refractivity contribution in [2.45, 2.75) is 51.2 Å². The normalized spacial score (nSPS) is 18.3. The summed E-state index contributed by atoms with van der Waals surface area (Å²) in [4.78, 5) is 13.9. The molecule has 1 heterocycles. The van der Waals surface area contributed by atoms with Crippen LogP contribution in [-0.2, 0) is 11.2 Å². The van der Waals surface area contributed by atoms with Crippen LogP contribution in [0.4, 0.5) is 4.79 Å². The molecule has 1 aliphatic heterocycles. The fourth-order valence-corrected chi connectivity index (χ4v) is 3.07. The van der Waals surface area contributed by atoms with Crippen molar-refractivity contribution in [2.24, 2.45) is 0 Å². The number of likely N-dealkylation sites (tertiary alicyclic amines) is 1. The maximum absolute atomic E-state index is 12.3. The summed E-state index contributed by atoms with van der Waals surface area (Å²) in [5.41, 5.74) is 0.462. The highest BCUT2D eigenvalue weighted by molar-refractivity contribution is 6.42. The summed E-state index contributed by atoms with van der Waals surface area (Å²) in [6, 6.07) is 5.42. The zero-order valence-electron chi connectivity index (χ0n) is 13.5. The van der Waals surface area contributed by atoms with E-state index in [1.54, 1.807) is 11.0 Å². The van der Waals surface area contributed by atoms with Gasteiger partial charge in [0.25, 0.3) is 0 Å². The Morgan fingerprint density at radius 2 is 2.13 bits per heavy atom. The summed E-state index contributed by atoms with van der Waals surface area (Å²) in [7, 11) is 0. The van der Waals surface area contributed by atoms with Crippen molar-refractivity contribution in [2.75, 3.05) is 13.2 Å². The van der Waals surface area contributed by atoms with Gasteiger partial charge < -0.3 is 14.7 Å². The highest BCUT2D eigenvalue weighted by atomic mass is 35.5. The molecule has 2 rings (SSSR count). The number of carbonyl (C=O) groups is 1. The van der Waals surface area contributed by atoms with Crippen LogP contribution in [0.2, 0.25) is 10.0 Å². The third kappa shape index (κ3) is 5.00. The van der Waals surface area contributed by atoms with E-state index in [0.29, 0.717) is 23.0 Å². The first kappa shape index (κ1) is 18.4. The number of aliphatic hydroxyl groups excluding tert-OH is 1. The molecule has 4 nitrogen and oxygen atoms in total. The average Bonchev–Trinajstić information content (AvgIpc) is 2.97. The second-order valence-electron chi connectivity index (χ2n) is 6.55. The smallest absolute Gasteiger partial charge is 0.410 e. The summed E-state index contributed by atoms with van der Waals surface area (Å²) in [5, 5.41) is 10.4. The Labute approximate surface area is 147 Å². The minimum absolute atomic E-state index is 0.0151. The van der Waals surface area contributed by atoms with Crippen LogP contribution in [0.25, 0.3) is 0 Å². The predicted octanol–water partition coefficient (Wildman–Crippen LogP) is 4.30. The molecule has 1 fully saturated rings. The molecule has 1 unspecified atom stereocenters. The molecule has 1 aromatic rings. The standard InChI is InChI=1S/C17H23Cl2NO3/c1-17(2,8-7-12-5-6-14(18)15(19)10-12)23-16(22)20-9-3-4-13(20)11-21/h5-6,10,13,21H,3-4,7-9,11H2,1-2H3. The van der Waals surface area contributed by atoms with Gasteiger partial charge in [-0.3, -0.25) is 0 Å². The van der Waals surface area contributed by atoms with Gasteiger partial charge in [0, 0.05) is 6.54 Å². The number of aryl methyl sites for hydroxylation is 1.